The van der Waals surface area contributed by atoms with E-state index >= 15 is 0 Å². The third kappa shape index (κ3) is 3.71. The van der Waals surface area contributed by atoms with E-state index in [1.54, 1.807) is 6.07 Å². The van der Waals surface area contributed by atoms with Crippen molar-refractivity contribution in [3.8, 4) is 0 Å². The zero-order valence-electron chi connectivity index (χ0n) is 15.5. The van der Waals surface area contributed by atoms with Gasteiger partial charge >= 0.3 is 0 Å². The maximum Gasteiger partial charge on any atom is 0.256 e. The van der Waals surface area contributed by atoms with E-state index in [2.05, 4.69) is 21.5 Å². The minimum Gasteiger partial charge on any atom is -0.363 e. The molecule has 28 heavy (non-hydrogen) atoms. The van der Waals surface area contributed by atoms with Crippen molar-refractivity contribution in [2.45, 2.75) is 26.2 Å². The van der Waals surface area contributed by atoms with Crippen LogP contribution in [-0.4, -0.2) is 10.1 Å². The van der Waals surface area contributed by atoms with Crippen molar-refractivity contribution in [3.05, 3.63) is 98.9 Å². The second-order valence-corrected chi connectivity index (χ2v) is 7.60. The number of halogens is 2. The molecule has 6 heteroatoms. The summed E-state index contributed by atoms with van der Waals surface area (Å²) in [7, 11) is 0. The average molecular weight is 412 g/mol. The Balaban J connectivity index is 1.72. The van der Waals surface area contributed by atoms with Crippen LogP contribution in [-0.2, 0) is 6.42 Å². The van der Waals surface area contributed by atoms with Gasteiger partial charge in [-0.3, -0.25) is 0 Å². The summed E-state index contributed by atoms with van der Waals surface area (Å²) >= 11 is 12.8. The number of hydrogen-bond donors (Lipinski definition) is 1. The van der Waals surface area contributed by atoms with Crippen LogP contribution in [0.3, 0.4) is 0 Å². The number of rotatable bonds is 4. The van der Waals surface area contributed by atoms with Gasteiger partial charge < -0.3 is 9.84 Å². The SMILES string of the molecule is CC1=CC(c2cccc(Cl)c2Cl)C(c2nc(Cc3ccccc3)no2)=C(C)N1. The number of nitrogens with zero attached hydrogens (tertiary/aromatic N) is 2. The summed E-state index contributed by atoms with van der Waals surface area (Å²) in [5, 5.41) is 8.60. The molecule has 0 amide bonds. The van der Waals surface area contributed by atoms with Gasteiger partial charge in [0.1, 0.15) is 0 Å². The Bertz CT molecular complexity index is 1070. The van der Waals surface area contributed by atoms with Gasteiger partial charge in [-0.2, -0.15) is 4.98 Å². The summed E-state index contributed by atoms with van der Waals surface area (Å²) in [6.07, 6.45) is 2.71. The normalized spacial score (nSPS) is 16.7. The lowest BCUT2D eigenvalue weighted by Gasteiger charge is -2.25. The molecule has 1 unspecified atom stereocenters. The van der Waals surface area contributed by atoms with E-state index < -0.39 is 0 Å². The standard InChI is InChI=1S/C22H19Cl2N3O/c1-13-11-17(16-9-6-10-18(23)21(16)24)20(14(2)25-13)22-26-19(27-28-22)12-15-7-4-3-5-8-15/h3-11,17,25H,12H2,1-2H3. The summed E-state index contributed by atoms with van der Waals surface area (Å²) in [5.74, 6) is 1.00. The van der Waals surface area contributed by atoms with Crippen LogP contribution in [0.5, 0.6) is 0 Å². The van der Waals surface area contributed by atoms with Gasteiger partial charge in [0, 0.05) is 29.3 Å². The predicted octanol–water partition coefficient (Wildman–Crippen LogP) is 5.99. The number of allylic oxidation sites excluding steroid dienone is 4. The quantitative estimate of drug-likeness (QED) is 0.572. The molecule has 4 nitrogen and oxygen atoms in total. The van der Waals surface area contributed by atoms with Crippen molar-refractivity contribution in [3.63, 3.8) is 0 Å². The van der Waals surface area contributed by atoms with Crippen LogP contribution in [0.1, 0.15) is 42.6 Å². The largest absolute Gasteiger partial charge is 0.363 e. The molecule has 1 aromatic heterocycles. The van der Waals surface area contributed by atoms with Crippen molar-refractivity contribution in [1.29, 1.82) is 0 Å². The van der Waals surface area contributed by atoms with Gasteiger partial charge in [0.25, 0.3) is 5.89 Å². The molecule has 0 bridgehead atoms. The maximum absolute atomic E-state index is 6.52. The van der Waals surface area contributed by atoms with Gasteiger partial charge in [-0.25, -0.2) is 0 Å². The maximum atomic E-state index is 6.52. The Morgan fingerprint density at radius 2 is 1.82 bits per heavy atom. The highest BCUT2D eigenvalue weighted by molar-refractivity contribution is 6.42. The lowest BCUT2D eigenvalue weighted by molar-refractivity contribution is 0.399. The minimum absolute atomic E-state index is 0.127. The number of aromatic nitrogens is 2. The second-order valence-electron chi connectivity index (χ2n) is 6.81. The molecular formula is C22H19Cl2N3O. The molecule has 0 fully saturated rings. The van der Waals surface area contributed by atoms with Crippen molar-refractivity contribution in [2.75, 3.05) is 0 Å². The van der Waals surface area contributed by atoms with Gasteiger partial charge in [-0.15, -0.1) is 0 Å². The third-order valence-corrected chi connectivity index (χ3v) is 5.57. The Morgan fingerprint density at radius 1 is 1.04 bits per heavy atom. The average Bonchev–Trinajstić information content (AvgIpc) is 3.12. The number of dihydropyridines is 1. The van der Waals surface area contributed by atoms with E-state index in [1.807, 2.05) is 56.3 Å². The molecule has 0 saturated heterocycles. The lowest BCUT2D eigenvalue weighted by atomic mass is 9.86. The molecule has 0 spiro atoms. The first-order valence-electron chi connectivity index (χ1n) is 9.00. The van der Waals surface area contributed by atoms with Crippen LogP contribution in [0.15, 0.2) is 70.5 Å². The van der Waals surface area contributed by atoms with Crippen LogP contribution < -0.4 is 5.32 Å². The summed E-state index contributed by atoms with van der Waals surface area (Å²) in [6.45, 7) is 4.01. The molecule has 142 valence electrons. The summed E-state index contributed by atoms with van der Waals surface area (Å²) < 4.78 is 5.64. The third-order valence-electron chi connectivity index (χ3n) is 4.74. The van der Waals surface area contributed by atoms with E-state index in [9.17, 15) is 0 Å². The summed E-state index contributed by atoms with van der Waals surface area (Å²) in [6, 6.07) is 15.7. The molecule has 1 aliphatic heterocycles. The highest BCUT2D eigenvalue weighted by Gasteiger charge is 2.29. The topological polar surface area (TPSA) is 51.0 Å². The van der Waals surface area contributed by atoms with Crippen LogP contribution in [0.25, 0.3) is 5.57 Å². The molecule has 1 atom stereocenters. The van der Waals surface area contributed by atoms with Crippen molar-refractivity contribution in [2.24, 2.45) is 0 Å². The summed E-state index contributed by atoms with van der Waals surface area (Å²) in [5.41, 5.74) is 4.93. The van der Waals surface area contributed by atoms with E-state index in [0.29, 0.717) is 28.2 Å². The van der Waals surface area contributed by atoms with Crippen LogP contribution in [0.2, 0.25) is 10.0 Å². The molecule has 0 radical (unpaired) electrons. The molecular weight excluding hydrogens is 393 g/mol. The second kappa shape index (κ2) is 7.82. The smallest absolute Gasteiger partial charge is 0.256 e. The molecule has 3 aromatic rings. The van der Waals surface area contributed by atoms with Gasteiger partial charge in [0.15, 0.2) is 5.82 Å². The predicted molar refractivity (Wildman–Crippen MR) is 112 cm³/mol. The van der Waals surface area contributed by atoms with E-state index in [0.717, 1.165) is 28.1 Å². The molecule has 0 aliphatic carbocycles. The first-order chi connectivity index (χ1) is 13.5. The molecule has 1 aliphatic rings. The fraction of sp³-hybridized carbons (Fsp3) is 0.182. The highest BCUT2D eigenvalue weighted by atomic mass is 35.5. The van der Waals surface area contributed by atoms with E-state index in [-0.39, 0.29) is 5.92 Å². The van der Waals surface area contributed by atoms with Crippen LogP contribution in [0, 0.1) is 0 Å². The Hall–Kier alpha value is -2.56. The molecule has 2 heterocycles. The molecule has 4 rings (SSSR count). The van der Waals surface area contributed by atoms with Crippen molar-refractivity contribution in [1.82, 2.24) is 15.5 Å². The Morgan fingerprint density at radius 3 is 2.61 bits per heavy atom. The zero-order valence-corrected chi connectivity index (χ0v) is 17.1. The fourth-order valence-electron chi connectivity index (χ4n) is 3.48. The van der Waals surface area contributed by atoms with Crippen LogP contribution in [0.4, 0.5) is 0 Å². The van der Waals surface area contributed by atoms with E-state index in [4.69, 9.17) is 27.7 Å². The first-order valence-corrected chi connectivity index (χ1v) is 9.75. The monoisotopic (exact) mass is 411 g/mol. The fourth-order valence-corrected chi connectivity index (χ4v) is 3.91. The van der Waals surface area contributed by atoms with Crippen molar-refractivity contribution < 1.29 is 4.52 Å². The highest BCUT2D eigenvalue weighted by Crippen LogP contribution is 2.42. The zero-order chi connectivity index (χ0) is 19.7. The van der Waals surface area contributed by atoms with Crippen LogP contribution >= 0.6 is 23.2 Å². The number of hydrogen-bond acceptors (Lipinski definition) is 4. The Labute approximate surface area is 173 Å². The summed E-state index contributed by atoms with van der Waals surface area (Å²) in [4.78, 5) is 4.65. The van der Waals surface area contributed by atoms with Gasteiger partial charge in [-0.05, 0) is 31.0 Å². The molecule has 0 saturated carbocycles. The first kappa shape index (κ1) is 18.8. The lowest BCUT2D eigenvalue weighted by Crippen LogP contribution is -2.19. The number of nitrogens with one attached hydrogen (secondary N) is 1. The molecule has 2 aromatic carbocycles. The Kier molecular flexibility index (Phi) is 5.25. The molecule has 1 N–H and O–H groups in total. The number of benzene rings is 2. The van der Waals surface area contributed by atoms with Gasteiger partial charge in [-0.1, -0.05) is 76.9 Å². The van der Waals surface area contributed by atoms with Gasteiger partial charge in [0.2, 0.25) is 0 Å². The van der Waals surface area contributed by atoms with Gasteiger partial charge in [0.05, 0.1) is 10.0 Å². The van der Waals surface area contributed by atoms with E-state index in [1.165, 1.54) is 0 Å². The van der Waals surface area contributed by atoms with Crippen molar-refractivity contribution >= 4 is 28.8 Å². The minimum atomic E-state index is -0.127.